The first-order chi connectivity index (χ1) is 9.60. The van der Waals surface area contributed by atoms with Gasteiger partial charge in [-0.15, -0.1) is 0 Å². The molecular weight excluding hydrogens is 260 g/mol. The number of carboxylic acids is 1. The largest absolute Gasteiger partial charge is 0.497 e. The normalized spacial score (nSPS) is 10.1. The van der Waals surface area contributed by atoms with Gasteiger partial charge in [0.1, 0.15) is 18.0 Å². The average Bonchev–Trinajstić information content (AvgIpc) is 2.87. The number of ether oxygens (including phenoxy) is 1. The highest BCUT2D eigenvalue weighted by molar-refractivity contribution is 5.92. The number of carbonyl (C=O) groups is 2. The monoisotopic (exact) mass is 274 g/mol. The lowest BCUT2D eigenvalue weighted by molar-refractivity contribution is -0.116. The van der Waals surface area contributed by atoms with Gasteiger partial charge in [-0.2, -0.15) is 0 Å². The number of aromatic nitrogens is 1. The summed E-state index contributed by atoms with van der Waals surface area (Å²) in [6.07, 6.45) is 1.55. The van der Waals surface area contributed by atoms with E-state index in [0.717, 1.165) is 0 Å². The number of benzene rings is 1. The third kappa shape index (κ3) is 3.17. The number of hydrogen-bond acceptors (Lipinski definition) is 3. The third-order valence-corrected chi connectivity index (χ3v) is 2.72. The fourth-order valence-corrected chi connectivity index (χ4v) is 1.80. The Balaban J connectivity index is 2.05. The van der Waals surface area contributed by atoms with Crippen LogP contribution in [0.5, 0.6) is 5.75 Å². The molecule has 0 aliphatic rings. The predicted molar refractivity (Wildman–Crippen MR) is 73.0 cm³/mol. The highest BCUT2D eigenvalue weighted by atomic mass is 16.5. The number of nitrogens with zero attached hydrogens (tertiary/aromatic N) is 1. The van der Waals surface area contributed by atoms with E-state index in [9.17, 15) is 9.59 Å². The van der Waals surface area contributed by atoms with E-state index < -0.39 is 5.97 Å². The van der Waals surface area contributed by atoms with Crippen molar-refractivity contribution < 1.29 is 19.4 Å². The van der Waals surface area contributed by atoms with Gasteiger partial charge in [0.2, 0.25) is 5.91 Å². The van der Waals surface area contributed by atoms with Crippen LogP contribution in [0.25, 0.3) is 0 Å². The number of hydrogen-bond donors (Lipinski definition) is 2. The molecule has 2 rings (SSSR count). The minimum Gasteiger partial charge on any atom is -0.497 e. The Morgan fingerprint density at radius 1 is 1.30 bits per heavy atom. The maximum Gasteiger partial charge on any atom is 0.352 e. The van der Waals surface area contributed by atoms with Crippen LogP contribution in [-0.4, -0.2) is 28.7 Å². The molecule has 1 aromatic heterocycles. The average molecular weight is 274 g/mol. The summed E-state index contributed by atoms with van der Waals surface area (Å²) >= 11 is 0. The minimum absolute atomic E-state index is 0.0636. The van der Waals surface area contributed by atoms with E-state index in [0.29, 0.717) is 11.4 Å². The van der Waals surface area contributed by atoms with Gasteiger partial charge in [-0.3, -0.25) is 4.79 Å². The van der Waals surface area contributed by atoms with Crippen LogP contribution >= 0.6 is 0 Å². The van der Waals surface area contributed by atoms with Gasteiger partial charge in [-0.05, 0) is 24.3 Å². The molecule has 1 heterocycles. The molecule has 0 bridgehead atoms. The molecule has 0 atom stereocenters. The van der Waals surface area contributed by atoms with Crippen LogP contribution in [0.3, 0.4) is 0 Å². The van der Waals surface area contributed by atoms with Gasteiger partial charge in [0.05, 0.1) is 7.11 Å². The zero-order valence-electron chi connectivity index (χ0n) is 10.9. The first-order valence-electron chi connectivity index (χ1n) is 5.92. The molecule has 20 heavy (non-hydrogen) atoms. The molecule has 0 unspecified atom stereocenters. The number of carboxylic acid groups (broad SMARTS) is 1. The fraction of sp³-hybridized carbons (Fsp3) is 0.143. The van der Waals surface area contributed by atoms with Crippen LogP contribution in [0, 0.1) is 0 Å². The summed E-state index contributed by atoms with van der Waals surface area (Å²) in [5.74, 6) is -0.740. The Bertz CT molecular complexity index is 634. The van der Waals surface area contributed by atoms with Crippen LogP contribution in [-0.2, 0) is 11.3 Å². The molecule has 104 valence electrons. The summed E-state index contributed by atoms with van der Waals surface area (Å²) < 4.78 is 6.43. The fourth-order valence-electron chi connectivity index (χ4n) is 1.80. The van der Waals surface area contributed by atoms with Crippen molar-refractivity contribution in [1.29, 1.82) is 0 Å². The van der Waals surface area contributed by atoms with Crippen molar-refractivity contribution in [2.45, 2.75) is 6.54 Å². The molecule has 0 aliphatic heterocycles. The molecule has 0 fully saturated rings. The van der Waals surface area contributed by atoms with E-state index in [-0.39, 0.29) is 18.1 Å². The molecule has 0 aliphatic carbocycles. The van der Waals surface area contributed by atoms with Crippen LogP contribution in [0.2, 0.25) is 0 Å². The van der Waals surface area contributed by atoms with Crippen LogP contribution in [0.1, 0.15) is 10.5 Å². The van der Waals surface area contributed by atoms with E-state index in [2.05, 4.69) is 5.32 Å². The zero-order chi connectivity index (χ0) is 14.5. The predicted octanol–water partition coefficient (Wildman–Crippen LogP) is 1.83. The van der Waals surface area contributed by atoms with Gasteiger partial charge in [0.15, 0.2) is 0 Å². The SMILES string of the molecule is COc1cccc(NC(=O)Cn2cccc2C(=O)O)c1. The van der Waals surface area contributed by atoms with Crippen molar-refractivity contribution in [2.75, 3.05) is 12.4 Å². The molecular formula is C14H14N2O4. The number of anilines is 1. The molecule has 6 nitrogen and oxygen atoms in total. The molecule has 0 spiro atoms. The summed E-state index contributed by atoms with van der Waals surface area (Å²) in [5.41, 5.74) is 0.671. The molecule has 2 aromatic rings. The second-order valence-corrected chi connectivity index (χ2v) is 4.11. The third-order valence-electron chi connectivity index (χ3n) is 2.72. The molecule has 1 aromatic carbocycles. The Labute approximate surface area is 115 Å². The number of amides is 1. The topological polar surface area (TPSA) is 80.6 Å². The maximum absolute atomic E-state index is 11.9. The van der Waals surface area contributed by atoms with Crippen LogP contribution in [0.4, 0.5) is 5.69 Å². The quantitative estimate of drug-likeness (QED) is 0.871. The Morgan fingerprint density at radius 3 is 2.80 bits per heavy atom. The van der Waals surface area contributed by atoms with Crippen molar-refractivity contribution in [2.24, 2.45) is 0 Å². The van der Waals surface area contributed by atoms with E-state index >= 15 is 0 Å². The standard InChI is InChI=1S/C14H14N2O4/c1-20-11-5-2-4-10(8-11)15-13(17)9-16-7-3-6-12(16)14(18)19/h2-8H,9H2,1H3,(H,15,17)(H,18,19). The molecule has 0 radical (unpaired) electrons. The summed E-state index contributed by atoms with van der Waals surface area (Å²) in [6.45, 7) is -0.0636. The number of methoxy groups -OCH3 is 1. The Hall–Kier alpha value is -2.76. The van der Waals surface area contributed by atoms with Gasteiger partial charge in [-0.25, -0.2) is 4.79 Å². The highest BCUT2D eigenvalue weighted by Gasteiger charge is 2.11. The van der Waals surface area contributed by atoms with Crippen LogP contribution in [0.15, 0.2) is 42.6 Å². The first kappa shape index (κ1) is 13.7. The number of aromatic carboxylic acids is 1. The number of rotatable bonds is 5. The van der Waals surface area contributed by atoms with Crippen LogP contribution < -0.4 is 10.1 Å². The van der Waals surface area contributed by atoms with Crippen molar-refractivity contribution >= 4 is 17.6 Å². The smallest absolute Gasteiger partial charge is 0.352 e. The summed E-state index contributed by atoms with van der Waals surface area (Å²) in [7, 11) is 1.54. The Morgan fingerprint density at radius 2 is 2.10 bits per heavy atom. The maximum atomic E-state index is 11.9. The van der Waals surface area contributed by atoms with Gasteiger partial charge >= 0.3 is 5.97 Å². The Kier molecular flexibility index (Phi) is 4.05. The molecule has 0 saturated carbocycles. The number of carbonyl (C=O) groups excluding carboxylic acids is 1. The molecule has 2 N–H and O–H groups in total. The molecule has 0 saturated heterocycles. The van der Waals surface area contributed by atoms with Crippen molar-refractivity contribution in [3.05, 3.63) is 48.3 Å². The highest BCUT2D eigenvalue weighted by Crippen LogP contribution is 2.16. The lowest BCUT2D eigenvalue weighted by atomic mass is 10.3. The lowest BCUT2D eigenvalue weighted by Gasteiger charge is -2.09. The van der Waals surface area contributed by atoms with E-state index in [1.165, 1.54) is 10.6 Å². The molecule has 6 heteroatoms. The van der Waals surface area contributed by atoms with Crippen molar-refractivity contribution in [3.63, 3.8) is 0 Å². The van der Waals surface area contributed by atoms with E-state index in [4.69, 9.17) is 9.84 Å². The zero-order valence-corrected chi connectivity index (χ0v) is 10.9. The van der Waals surface area contributed by atoms with E-state index in [1.807, 2.05) is 0 Å². The summed E-state index contributed by atoms with van der Waals surface area (Å²) in [6, 6.07) is 9.97. The van der Waals surface area contributed by atoms with Gasteiger partial charge in [-0.1, -0.05) is 6.07 Å². The summed E-state index contributed by atoms with van der Waals surface area (Å²) in [5, 5.41) is 11.6. The number of nitrogens with one attached hydrogen (secondary N) is 1. The van der Waals surface area contributed by atoms with E-state index in [1.54, 1.807) is 43.6 Å². The van der Waals surface area contributed by atoms with Crippen molar-refractivity contribution in [1.82, 2.24) is 4.57 Å². The van der Waals surface area contributed by atoms with Gasteiger partial charge in [0, 0.05) is 18.0 Å². The first-order valence-corrected chi connectivity index (χ1v) is 5.92. The second-order valence-electron chi connectivity index (χ2n) is 4.11. The minimum atomic E-state index is -1.07. The van der Waals surface area contributed by atoms with Gasteiger partial charge < -0.3 is 19.7 Å². The molecule has 1 amide bonds. The summed E-state index contributed by atoms with van der Waals surface area (Å²) in [4.78, 5) is 22.8. The lowest BCUT2D eigenvalue weighted by Crippen LogP contribution is -2.20. The van der Waals surface area contributed by atoms with Gasteiger partial charge in [0.25, 0.3) is 0 Å². The second kappa shape index (κ2) is 5.92. The van der Waals surface area contributed by atoms with Crippen molar-refractivity contribution in [3.8, 4) is 5.75 Å².